The number of carbonyl (C=O) groups excluding carboxylic acids is 1. The Morgan fingerprint density at radius 1 is 0.933 bits per heavy atom. The van der Waals surface area contributed by atoms with E-state index < -0.39 is 8.32 Å². The van der Waals surface area contributed by atoms with Crippen molar-refractivity contribution in [3.63, 3.8) is 0 Å². The standard InChI is InChI=1S/C24H43NO3SeSi/c1-11-27-24(26)25(17(2)3)23(29-22-15-13-12-14-16-22)21(10)28-30(18(4)5,19(6)7)20(8)9/h12-21,23H,11H2,1-10H3/t21-,23-/m0/s1. The first-order valence-corrected chi connectivity index (χ1v) is 15.3. The van der Waals surface area contributed by atoms with E-state index in [0.717, 1.165) is 0 Å². The monoisotopic (exact) mass is 501 g/mol. The zero-order valence-electron chi connectivity index (χ0n) is 20.6. The fourth-order valence-corrected chi connectivity index (χ4v) is 13.1. The van der Waals surface area contributed by atoms with Crippen LogP contribution >= 0.6 is 0 Å². The average molecular weight is 501 g/mol. The Bertz CT molecular complexity index is 615. The third-order valence-corrected chi connectivity index (χ3v) is 14.9. The molecule has 4 nitrogen and oxygen atoms in total. The average Bonchev–Trinajstić information content (AvgIpc) is 2.65. The molecule has 0 bridgehead atoms. The molecule has 0 saturated carbocycles. The second-order valence-electron chi connectivity index (χ2n) is 9.16. The van der Waals surface area contributed by atoms with Crippen molar-refractivity contribution >= 4 is 33.8 Å². The maximum atomic E-state index is 13.0. The molecule has 0 N–H and O–H groups in total. The molecule has 172 valence electrons. The second kappa shape index (κ2) is 12.3. The minimum atomic E-state index is -2.07. The minimum absolute atomic E-state index is 0.0259. The van der Waals surface area contributed by atoms with Crippen molar-refractivity contribution < 1.29 is 14.0 Å². The molecule has 0 heterocycles. The molecule has 1 aromatic rings. The molecule has 0 unspecified atom stereocenters. The van der Waals surface area contributed by atoms with Crippen molar-refractivity contribution in [2.45, 2.75) is 103 Å². The first-order chi connectivity index (χ1) is 14.0. The van der Waals surface area contributed by atoms with Crippen LogP contribution in [-0.2, 0) is 9.16 Å². The quantitative estimate of drug-likeness (QED) is 0.361. The molecule has 6 heteroatoms. The van der Waals surface area contributed by atoms with Crippen LogP contribution in [0.15, 0.2) is 30.3 Å². The van der Waals surface area contributed by atoms with Gasteiger partial charge in [-0.25, -0.2) is 0 Å². The third kappa shape index (κ3) is 6.59. The predicted octanol–water partition coefficient (Wildman–Crippen LogP) is 5.79. The fourth-order valence-electron chi connectivity index (χ4n) is 4.61. The Balaban J connectivity index is 3.38. The SMILES string of the molecule is CCOC(=O)N(C(C)C)[C@@H]([Se]c1ccccc1)[C@H](C)O[Si](C(C)C)(C(C)C)C(C)C. The third-order valence-electron chi connectivity index (χ3n) is 5.81. The van der Waals surface area contributed by atoms with Crippen LogP contribution in [0.5, 0.6) is 0 Å². The summed E-state index contributed by atoms with van der Waals surface area (Å²) in [5.74, 6) is 0. The molecule has 0 aliphatic rings. The topological polar surface area (TPSA) is 38.8 Å². The van der Waals surface area contributed by atoms with Gasteiger partial charge in [0, 0.05) is 0 Å². The van der Waals surface area contributed by atoms with Crippen molar-refractivity contribution in [1.82, 2.24) is 4.90 Å². The van der Waals surface area contributed by atoms with Gasteiger partial charge in [-0.3, -0.25) is 0 Å². The van der Waals surface area contributed by atoms with Gasteiger partial charge >= 0.3 is 193 Å². The number of carbonyl (C=O) groups is 1. The van der Waals surface area contributed by atoms with Crippen LogP contribution in [0.25, 0.3) is 0 Å². The molecule has 30 heavy (non-hydrogen) atoms. The fraction of sp³-hybridized carbons (Fsp3) is 0.708. The van der Waals surface area contributed by atoms with Crippen LogP contribution in [-0.4, -0.2) is 58.0 Å². The molecule has 1 rings (SSSR count). The summed E-state index contributed by atoms with van der Waals surface area (Å²) >= 11 is 0.0444. The summed E-state index contributed by atoms with van der Waals surface area (Å²) in [5.41, 5.74) is 1.50. The van der Waals surface area contributed by atoms with E-state index in [2.05, 4.69) is 86.6 Å². The molecule has 0 spiro atoms. The number of rotatable bonds is 11. The molecule has 2 atom stereocenters. The molecule has 0 radical (unpaired) electrons. The van der Waals surface area contributed by atoms with Gasteiger partial charge in [-0.15, -0.1) is 0 Å². The summed E-state index contributed by atoms with van der Waals surface area (Å²) in [6.07, 6.45) is -0.299. The van der Waals surface area contributed by atoms with Crippen molar-refractivity contribution in [2.75, 3.05) is 6.61 Å². The van der Waals surface area contributed by atoms with Gasteiger partial charge in [-0.05, 0) is 0 Å². The molecular formula is C24H43NO3SeSi. The number of nitrogens with zero attached hydrogens (tertiary/aromatic N) is 1. The summed E-state index contributed by atoms with van der Waals surface area (Å²) in [4.78, 5) is 14.8. The second-order valence-corrected chi connectivity index (χ2v) is 17.1. The van der Waals surface area contributed by atoms with E-state index >= 15 is 0 Å². The van der Waals surface area contributed by atoms with Crippen LogP contribution in [0.3, 0.4) is 0 Å². The summed E-state index contributed by atoms with van der Waals surface area (Å²) in [7, 11) is -2.07. The van der Waals surface area contributed by atoms with Crippen LogP contribution in [0.2, 0.25) is 16.6 Å². The van der Waals surface area contributed by atoms with Gasteiger partial charge in [-0.1, -0.05) is 0 Å². The van der Waals surface area contributed by atoms with E-state index in [1.54, 1.807) is 0 Å². The summed E-state index contributed by atoms with van der Waals surface area (Å²) in [6, 6.07) is 10.5. The Morgan fingerprint density at radius 3 is 1.83 bits per heavy atom. The van der Waals surface area contributed by atoms with Gasteiger partial charge in [0.2, 0.25) is 0 Å². The van der Waals surface area contributed by atoms with Crippen molar-refractivity contribution in [3.8, 4) is 0 Å². The molecule has 0 saturated heterocycles. The first-order valence-electron chi connectivity index (χ1n) is 11.3. The predicted molar refractivity (Wildman–Crippen MR) is 131 cm³/mol. The summed E-state index contributed by atoms with van der Waals surface area (Å²) < 4.78 is 13.9. The summed E-state index contributed by atoms with van der Waals surface area (Å²) in [6.45, 7) is 22.4. The van der Waals surface area contributed by atoms with E-state index in [0.29, 0.717) is 23.2 Å². The molecule has 0 aliphatic heterocycles. The number of benzene rings is 1. The van der Waals surface area contributed by atoms with Gasteiger partial charge in [0.15, 0.2) is 0 Å². The Kier molecular flexibility index (Phi) is 11.1. The Morgan fingerprint density at radius 2 is 1.43 bits per heavy atom. The van der Waals surface area contributed by atoms with Crippen LogP contribution in [0.1, 0.15) is 69.2 Å². The van der Waals surface area contributed by atoms with E-state index in [1.165, 1.54) is 4.46 Å². The van der Waals surface area contributed by atoms with E-state index in [9.17, 15) is 4.79 Å². The van der Waals surface area contributed by atoms with Gasteiger partial charge < -0.3 is 0 Å². The van der Waals surface area contributed by atoms with Crippen LogP contribution in [0, 0.1) is 0 Å². The Labute approximate surface area is 192 Å². The number of ether oxygens (including phenoxy) is 1. The van der Waals surface area contributed by atoms with Gasteiger partial charge in [-0.2, -0.15) is 0 Å². The van der Waals surface area contributed by atoms with Gasteiger partial charge in [0.1, 0.15) is 0 Å². The molecule has 0 aromatic heterocycles. The van der Waals surface area contributed by atoms with E-state index in [4.69, 9.17) is 9.16 Å². The van der Waals surface area contributed by atoms with Gasteiger partial charge in [0.05, 0.1) is 0 Å². The molecule has 1 aromatic carbocycles. The number of amides is 1. The maximum absolute atomic E-state index is 13.0. The summed E-state index contributed by atoms with van der Waals surface area (Å²) in [5, 5.41) is 0. The molecule has 1 amide bonds. The first kappa shape index (κ1) is 27.2. The van der Waals surface area contributed by atoms with E-state index in [1.807, 2.05) is 17.9 Å². The Hall–Kier alpha value is -0.814. The normalized spacial score (nSPS) is 14.5. The molecule has 0 aliphatic carbocycles. The van der Waals surface area contributed by atoms with E-state index in [-0.39, 0.29) is 38.1 Å². The zero-order valence-corrected chi connectivity index (χ0v) is 23.4. The van der Waals surface area contributed by atoms with Crippen LogP contribution in [0.4, 0.5) is 4.79 Å². The number of hydrogen-bond donors (Lipinski definition) is 0. The molecule has 0 fully saturated rings. The zero-order chi connectivity index (χ0) is 23.1. The van der Waals surface area contributed by atoms with Crippen molar-refractivity contribution in [3.05, 3.63) is 30.3 Å². The van der Waals surface area contributed by atoms with Crippen molar-refractivity contribution in [2.24, 2.45) is 0 Å². The number of hydrogen-bond acceptors (Lipinski definition) is 3. The van der Waals surface area contributed by atoms with Crippen molar-refractivity contribution in [1.29, 1.82) is 0 Å². The molecular weight excluding hydrogens is 457 g/mol. The van der Waals surface area contributed by atoms with Crippen LogP contribution < -0.4 is 4.46 Å². The van der Waals surface area contributed by atoms with Gasteiger partial charge in [0.25, 0.3) is 0 Å².